The molecule has 1 unspecified atom stereocenters. The second-order valence-electron chi connectivity index (χ2n) is 6.81. The first-order valence-corrected chi connectivity index (χ1v) is 10.5. The van der Waals surface area contributed by atoms with Crippen LogP contribution in [0.4, 0.5) is 5.69 Å². The van der Waals surface area contributed by atoms with E-state index in [1.807, 2.05) is 54.9 Å². The molecule has 148 valence electrons. The van der Waals surface area contributed by atoms with Crippen molar-refractivity contribution in [1.29, 1.82) is 0 Å². The van der Waals surface area contributed by atoms with E-state index >= 15 is 0 Å². The van der Waals surface area contributed by atoms with E-state index in [2.05, 4.69) is 25.9 Å². The lowest BCUT2D eigenvalue weighted by Crippen LogP contribution is -2.13. The summed E-state index contributed by atoms with van der Waals surface area (Å²) in [5, 5.41) is 3.13. The number of anilines is 1. The fourth-order valence-electron chi connectivity index (χ4n) is 3.46. The number of ether oxygens (including phenoxy) is 1. The van der Waals surface area contributed by atoms with Crippen LogP contribution in [0, 0.1) is 0 Å². The van der Waals surface area contributed by atoms with E-state index < -0.39 is 0 Å². The van der Waals surface area contributed by atoms with E-state index in [1.165, 1.54) is 0 Å². The number of nitrogens with one attached hydrogen (secondary N) is 1. The highest BCUT2D eigenvalue weighted by molar-refractivity contribution is 7.99. The second-order valence-corrected chi connectivity index (χ2v) is 7.87. The lowest BCUT2D eigenvalue weighted by molar-refractivity contribution is 0.102. The smallest absolute Gasteiger partial charge is 0.257 e. The molecule has 0 radical (unpaired) electrons. The number of hydrogen-bond acceptors (Lipinski definition) is 5. The molecule has 7 heteroatoms. The lowest BCUT2D eigenvalue weighted by Gasteiger charge is -2.12. The number of amides is 1. The van der Waals surface area contributed by atoms with Crippen LogP contribution >= 0.6 is 11.8 Å². The number of benzene rings is 1. The van der Waals surface area contributed by atoms with Gasteiger partial charge in [-0.1, -0.05) is 12.1 Å². The average molecular weight is 414 g/mol. The predicted molar refractivity (Wildman–Crippen MR) is 117 cm³/mol. The Morgan fingerprint density at radius 2 is 1.87 bits per heavy atom. The zero-order chi connectivity index (χ0) is 20.3. The van der Waals surface area contributed by atoms with Gasteiger partial charge in [-0.25, -0.2) is 0 Å². The molecule has 0 saturated carbocycles. The molecule has 1 aromatic carbocycles. The molecule has 3 aromatic heterocycles. The van der Waals surface area contributed by atoms with Crippen molar-refractivity contribution in [2.75, 3.05) is 5.32 Å². The van der Waals surface area contributed by atoms with Crippen molar-refractivity contribution < 1.29 is 9.53 Å². The van der Waals surface area contributed by atoms with Crippen LogP contribution < -0.4 is 10.1 Å². The summed E-state index contributed by atoms with van der Waals surface area (Å²) in [7, 11) is 0. The first kappa shape index (κ1) is 18.4. The van der Waals surface area contributed by atoms with E-state index in [-0.39, 0.29) is 11.3 Å². The SMILES string of the molecule is O=C(Nc1cccc(Oc2cccnc2)c1)c1ccn2c1CSC2c1cccnc1. The zero-order valence-corrected chi connectivity index (χ0v) is 16.8. The first-order chi connectivity index (χ1) is 14.8. The fraction of sp³-hybridized carbons (Fsp3) is 0.0870. The third-order valence-corrected chi connectivity index (χ3v) is 6.09. The first-order valence-electron chi connectivity index (χ1n) is 9.48. The van der Waals surface area contributed by atoms with E-state index in [0.29, 0.717) is 22.7 Å². The summed E-state index contributed by atoms with van der Waals surface area (Å²) in [5.41, 5.74) is 3.52. The molecule has 0 spiro atoms. The average Bonchev–Trinajstić information content (AvgIpc) is 3.37. The number of thioether (sulfide) groups is 1. The van der Waals surface area contributed by atoms with Gasteiger partial charge >= 0.3 is 0 Å². The number of fused-ring (bicyclic) bond motifs is 1. The molecule has 0 bridgehead atoms. The van der Waals surface area contributed by atoms with Gasteiger partial charge in [0.25, 0.3) is 5.91 Å². The molecule has 1 atom stereocenters. The van der Waals surface area contributed by atoms with Gasteiger partial charge in [0.1, 0.15) is 16.9 Å². The molecule has 4 heterocycles. The van der Waals surface area contributed by atoms with Gasteiger partial charge in [0.15, 0.2) is 0 Å². The Morgan fingerprint density at radius 3 is 2.67 bits per heavy atom. The Hall–Kier alpha value is -3.58. The Bertz CT molecular complexity index is 1180. The number of hydrogen-bond donors (Lipinski definition) is 1. The summed E-state index contributed by atoms with van der Waals surface area (Å²) in [6.45, 7) is 0. The Balaban J connectivity index is 1.33. The predicted octanol–water partition coefficient (Wildman–Crippen LogP) is 5.12. The summed E-state index contributed by atoms with van der Waals surface area (Å²) in [4.78, 5) is 21.2. The van der Waals surface area contributed by atoms with Crippen LogP contribution in [-0.2, 0) is 5.75 Å². The maximum atomic E-state index is 13.0. The largest absolute Gasteiger partial charge is 0.456 e. The quantitative estimate of drug-likeness (QED) is 0.491. The van der Waals surface area contributed by atoms with E-state index in [4.69, 9.17) is 4.74 Å². The van der Waals surface area contributed by atoms with Crippen LogP contribution in [-0.4, -0.2) is 20.4 Å². The minimum Gasteiger partial charge on any atom is -0.456 e. The fourth-order valence-corrected chi connectivity index (χ4v) is 4.77. The van der Waals surface area contributed by atoms with Crippen LogP contribution in [0.5, 0.6) is 11.5 Å². The summed E-state index contributed by atoms with van der Waals surface area (Å²) in [6, 6.07) is 16.9. The highest BCUT2D eigenvalue weighted by Crippen LogP contribution is 2.42. The van der Waals surface area contributed by atoms with E-state index in [9.17, 15) is 4.79 Å². The van der Waals surface area contributed by atoms with Crippen molar-refractivity contribution in [3.63, 3.8) is 0 Å². The van der Waals surface area contributed by atoms with Crippen LogP contribution in [0.15, 0.2) is 85.6 Å². The summed E-state index contributed by atoms with van der Waals surface area (Å²) >= 11 is 1.79. The highest BCUT2D eigenvalue weighted by Gasteiger charge is 2.28. The molecule has 1 N–H and O–H groups in total. The van der Waals surface area contributed by atoms with Crippen LogP contribution in [0.25, 0.3) is 0 Å². The molecule has 0 fully saturated rings. The standard InChI is InChI=1S/C23H18N4O2S/c28-22(26-17-5-1-6-18(12-17)29-19-7-3-10-25-14-19)20-8-11-27-21(20)15-30-23(27)16-4-2-9-24-13-16/h1-14,23H,15H2,(H,26,28). The van der Waals surface area contributed by atoms with E-state index in [0.717, 1.165) is 17.0 Å². The number of rotatable bonds is 5. The Morgan fingerprint density at radius 1 is 1.03 bits per heavy atom. The monoisotopic (exact) mass is 414 g/mol. The highest BCUT2D eigenvalue weighted by atomic mass is 32.2. The molecule has 1 aliphatic heterocycles. The Kier molecular flexibility index (Phi) is 4.94. The van der Waals surface area contributed by atoms with Crippen molar-refractivity contribution >= 4 is 23.4 Å². The van der Waals surface area contributed by atoms with Gasteiger partial charge in [0.2, 0.25) is 0 Å². The third-order valence-electron chi connectivity index (χ3n) is 4.83. The summed E-state index contributed by atoms with van der Waals surface area (Å²) in [6.07, 6.45) is 8.96. The van der Waals surface area contributed by atoms with Gasteiger partial charge in [-0.3, -0.25) is 14.8 Å². The van der Waals surface area contributed by atoms with Gasteiger partial charge in [0.05, 0.1) is 11.8 Å². The summed E-state index contributed by atoms with van der Waals surface area (Å²) in [5.74, 6) is 1.92. The zero-order valence-electron chi connectivity index (χ0n) is 15.9. The number of carbonyl (C=O) groups is 1. The minimum absolute atomic E-state index is 0.130. The molecule has 30 heavy (non-hydrogen) atoms. The molecule has 1 amide bonds. The van der Waals surface area contributed by atoms with Gasteiger partial charge < -0.3 is 14.6 Å². The normalized spacial score (nSPS) is 14.9. The maximum Gasteiger partial charge on any atom is 0.257 e. The lowest BCUT2D eigenvalue weighted by atomic mass is 10.2. The van der Waals surface area contributed by atoms with Gasteiger partial charge in [0, 0.05) is 53.6 Å². The number of carbonyl (C=O) groups excluding carboxylic acids is 1. The van der Waals surface area contributed by atoms with Crippen molar-refractivity contribution in [1.82, 2.24) is 14.5 Å². The third kappa shape index (κ3) is 3.67. The summed E-state index contributed by atoms with van der Waals surface area (Å²) < 4.78 is 7.95. The molecular weight excluding hydrogens is 396 g/mol. The minimum atomic E-state index is -0.130. The van der Waals surface area contributed by atoms with Crippen molar-refractivity contribution in [2.24, 2.45) is 0 Å². The van der Waals surface area contributed by atoms with Gasteiger partial charge in [-0.05, 0) is 36.4 Å². The topological polar surface area (TPSA) is 69.0 Å². The molecule has 0 saturated heterocycles. The molecule has 5 rings (SSSR count). The number of aromatic nitrogens is 3. The van der Waals surface area contributed by atoms with Gasteiger partial charge in [-0.2, -0.15) is 0 Å². The Labute approximate surface area is 177 Å². The van der Waals surface area contributed by atoms with Crippen LogP contribution in [0.3, 0.4) is 0 Å². The molecule has 6 nitrogen and oxygen atoms in total. The molecule has 4 aromatic rings. The molecule has 0 aliphatic carbocycles. The van der Waals surface area contributed by atoms with Crippen molar-refractivity contribution in [2.45, 2.75) is 11.1 Å². The van der Waals surface area contributed by atoms with E-state index in [1.54, 1.807) is 36.4 Å². The second kappa shape index (κ2) is 8.04. The maximum absolute atomic E-state index is 13.0. The van der Waals surface area contributed by atoms with Crippen molar-refractivity contribution in [3.05, 3.63) is 102 Å². The number of nitrogens with zero attached hydrogens (tertiary/aromatic N) is 3. The molecule has 1 aliphatic rings. The van der Waals surface area contributed by atoms with Crippen molar-refractivity contribution in [3.8, 4) is 11.5 Å². The van der Waals surface area contributed by atoms with Crippen LogP contribution in [0.2, 0.25) is 0 Å². The van der Waals surface area contributed by atoms with Gasteiger partial charge in [-0.15, -0.1) is 11.8 Å². The molecular formula is C23H18N4O2S. The van der Waals surface area contributed by atoms with Crippen LogP contribution in [0.1, 0.15) is 27.0 Å². The number of pyridine rings is 2.